The molecule has 2 atom stereocenters. The van der Waals surface area contributed by atoms with Crippen molar-refractivity contribution in [3.05, 3.63) is 29.4 Å². The zero-order valence-corrected chi connectivity index (χ0v) is 12.9. The molecule has 1 N–H and O–H groups in total. The molecule has 0 saturated carbocycles. The van der Waals surface area contributed by atoms with Gasteiger partial charge in [-0.05, 0) is 61.7 Å². The molecule has 2 aromatic heterocycles. The number of fused-ring (bicyclic) bond motifs is 4. The Morgan fingerprint density at radius 3 is 3.00 bits per heavy atom. The van der Waals surface area contributed by atoms with Crippen LogP contribution in [0.15, 0.2) is 23.7 Å². The van der Waals surface area contributed by atoms with Crippen LogP contribution in [0.4, 0.5) is 0 Å². The summed E-state index contributed by atoms with van der Waals surface area (Å²) < 4.78 is 1.13. The van der Waals surface area contributed by atoms with Crippen LogP contribution >= 0.6 is 11.3 Å². The summed E-state index contributed by atoms with van der Waals surface area (Å²) >= 11 is 1.65. The van der Waals surface area contributed by atoms with Crippen molar-refractivity contribution in [3.63, 3.8) is 0 Å². The van der Waals surface area contributed by atoms with Gasteiger partial charge in [-0.1, -0.05) is 0 Å². The first-order valence-corrected chi connectivity index (χ1v) is 8.48. The minimum atomic E-state index is -0.0336. The van der Waals surface area contributed by atoms with Crippen LogP contribution in [-0.4, -0.2) is 41.0 Å². The summed E-state index contributed by atoms with van der Waals surface area (Å²) in [5.41, 5.74) is 0.532. The largest absolute Gasteiger partial charge is 0.346 e. The number of pyridine rings is 1. The number of amides is 1. The van der Waals surface area contributed by atoms with Crippen LogP contribution in [0.5, 0.6) is 0 Å². The second-order valence-electron chi connectivity index (χ2n) is 6.14. The van der Waals surface area contributed by atoms with E-state index < -0.39 is 0 Å². The fourth-order valence-corrected chi connectivity index (χ4v) is 4.50. The summed E-state index contributed by atoms with van der Waals surface area (Å²) in [6.07, 6.45) is 4.20. The lowest BCUT2D eigenvalue weighted by atomic mass is 9.79. The van der Waals surface area contributed by atoms with Crippen molar-refractivity contribution in [2.24, 2.45) is 5.92 Å². The molecule has 21 heavy (non-hydrogen) atoms. The standard InChI is InChI=1S/C16H19N3OS/c1-10-15(11-2-5-19(10)6-3-11)18-16(20)13-8-12-4-7-21-14(12)9-17-13/h4,7-11,15H,2-3,5-6H2,1H3,(H,18,20)/t10-,15-/m0/s1. The van der Waals surface area contributed by atoms with Gasteiger partial charge in [0, 0.05) is 18.3 Å². The maximum absolute atomic E-state index is 12.5. The van der Waals surface area contributed by atoms with Gasteiger partial charge in [-0.15, -0.1) is 11.3 Å². The van der Waals surface area contributed by atoms with E-state index in [1.165, 1.54) is 25.9 Å². The predicted octanol–water partition coefficient (Wildman–Crippen LogP) is 2.51. The van der Waals surface area contributed by atoms with Gasteiger partial charge in [-0.2, -0.15) is 0 Å². The zero-order valence-electron chi connectivity index (χ0n) is 12.1. The molecular formula is C16H19N3OS. The van der Waals surface area contributed by atoms with Crippen molar-refractivity contribution in [1.29, 1.82) is 0 Å². The van der Waals surface area contributed by atoms with Crippen molar-refractivity contribution in [3.8, 4) is 0 Å². The quantitative estimate of drug-likeness (QED) is 0.927. The highest BCUT2D eigenvalue weighted by molar-refractivity contribution is 7.17. The number of hydrogen-bond donors (Lipinski definition) is 1. The van der Waals surface area contributed by atoms with E-state index in [2.05, 4.69) is 22.1 Å². The Kier molecular flexibility index (Phi) is 3.19. The second-order valence-corrected chi connectivity index (χ2v) is 7.09. The monoisotopic (exact) mass is 301 g/mol. The van der Waals surface area contributed by atoms with Gasteiger partial charge in [0.25, 0.3) is 5.91 Å². The summed E-state index contributed by atoms with van der Waals surface area (Å²) in [6.45, 7) is 4.58. The van der Waals surface area contributed by atoms with Gasteiger partial charge >= 0.3 is 0 Å². The normalized spacial score (nSPS) is 31.5. The molecule has 3 fully saturated rings. The van der Waals surface area contributed by atoms with Crippen LogP contribution in [-0.2, 0) is 0 Å². The molecule has 5 heterocycles. The lowest BCUT2D eigenvalue weighted by molar-refractivity contribution is 0.0216. The van der Waals surface area contributed by atoms with E-state index in [1.807, 2.05) is 17.5 Å². The molecule has 3 aliphatic rings. The Morgan fingerprint density at radius 2 is 2.24 bits per heavy atom. The molecule has 0 aromatic carbocycles. The minimum absolute atomic E-state index is 0.0336. The van der Waals surface area contributed by atoms with E-state index in [0.29, 0.717) is 17.7 Å². The molecule has 0 unspecified atom stereocenters. The average molecular weight is 301 g/mol. The molecular weight excluding hydrogens is 282 g/mol. The summed E-state index contributed by atoms with van der Waals surface area (Å²) in [4.78, 5) is 19.3. The molecule has 1 amide bonds. The Morgan fingerprint density at radius 1 is 1.43 bits per heavy atom. The third-order valence-electron chi connectivity index (χ3n) is 5.05. The summed E-state index contributed by atoms with van der Waals surface area (Å²) in [7, 11) is 0. The first-order valence-electron chi connectivity index (χ1n) is 7.60. The van der Waals surface area contributed by atoms with E-state index >= 15 is 0 Å². The topological polar surface area (TPSA) is 45.2 Å². The fourth-order valence-electron chi connectivity index (χ4n) is 3.76. The molecule has 5 heteroatoms. The number of carbonyl (C=O) groups excluding carboxylic acids is 1. The third kappa shape index (κ3) is 2.24. The third-order valence-corrected chi connectivity index (χ3v) is 5.92. The second kappa shape index (κ2) is 5.07. The number of nitrogens with zero attached hydrogens (tertiary/aromatic N) is 2. The lowest BCUT2D eigenvalue weighted by Gasteiger charge is -2.49. The number of hydrogen-bond acceptors (Lipinski definition) is 4. The molecule has 0 aliphatic carbocycles. The summed E-state index contributed by atoms with van der Waals surface area (Å²) in [5, 5.41) is 6.36. The van der Waals surface area contributed by atoms with Crippen LogP contribution in [0.25, 0.3) is 10.1 Å². The maximum atomic E-state index is 12.5. The number of thiophene rings is 1. The van der Waals surface area contributed by atoms with Crippen molar-refractivity contribution in [2.75, 3.05) is 13.1 Å². The molecule has 2 aromatic rings. The Bertz CT molecular complexity index is 673. The van der Waals surface area contributed by atoms with E-state index in [4.69, 9.17) is 0 Å². The fraction of sp³-hybridized carbons (Fsp3) is 0.500. The lowest BCUT2D eigenvalue weighted by Crippen LogP contribution is -2.62. The first-order chi connectivity index (χ1) is 10.2. The maximum Gasteiger partial charge on any atom is 0.270 e. The summed E-state index contributed by atoms with van der Waals surface area (Å²) in [6, 6.07) is 4.63. The Balaban J connectivity index is 1.54. The highest BCUT2D eigenvalue weighted by atomic mass is 32.1. The van der Waals surface area contributed by atoms with Crippen molar-refractivity contribution >= 4 is 27.3 Å². The molecule has 3 saturated heterocycles. The SMILES string of the molecule is C[C@H]1[C@H](NC(=O)c2cc3ccsc3cn2)C2CCN1CC2. The Hall–Kier alpha value is -1.46. The van der Waals surface area contributed by atoms with Crippen LogP contribution in [0, 0.1) is 5.92 Å². The minimum Gasteiger partial charge on any atom is -0.346 e. The number of aromatic nitrogens is 1. The van der Waals surface area contributed by atoms with Crippen LogP contribution < -0.4 is 5.32 Å². The number of carbonyl (C=O) groups is 1. The van der Waals surface area contributed by atoms with Gasteiger partial charge < -0.3 is 5.32 Å². The molecule has 110 valence electrons. The van der Waals surface area contributed by atoms with Crippen molar-refractivity contribution in [1.82, 2.24) is 15.2 Å². The van der Waals surface area contributed by atoms with Gasteiger partial charge in [-0.25, -0.2) is 4.98 Å². The smallest absolute Gasteiger partial charge is 0.270 e. The highest BCUT2D eigenvalue weighted by Gasteiger charge is 2.40. The number of rotatable bonds is 2. The molecule has 0 radical (unpaired) electrons. The molecule has 2 bridgehead atoms. The van der Waals surface area contributed by atoms with E-state index in [-0.39, 0.29) is 11.9 Å². The van der Waals surface area contributed by atoms with E-state index in [9.17, 15) is 4.79 Å². The van der Waals surface area contributed by atoms with Gasteiger partial charge in [0.1, 0.15) is 5.69 Å². The number of piperidine rings is 3. The summed E-state index contributed by atoms with van der Waals surface area (Å²) in [5.74, 6) is 0.590. The van der Waals surface area contributed by atoms with Gasteiger partial charge in [0.2, 0.25) is 0 Å². The predicted molar refractivity (Wildman–Crippen MR) is 84.6 cm³/mol. The van der Waals surface area contributed by atoms with Crippen molar-refractivity contribution in [2.45, 2.75) is 31.8 Å². The molecule has 4 nitrogen and oxygen atoms in total. The van der Waals surface area contributed by atoms with Gasteiger partial charge in [-0.3, -0.25) is 9.69 Å². The highest BCUT2D eigenvalue weighted by Crippen LogP contribution is 2.32. The molecule has 3 aliphatic heterocycles. The van der Waals surface area contributed by atoms with Gasteiger partial charge in [0.05, 0.1) is 4.70 Å². The van der Waals surface area contributed by atoms with E-state index in [0.717, 1.165) is 10.1 Å². The van der Waals surface area contributed by atoms with Crippen LogP contribution in [0.3, 0.4) is 0 Å². The van der Waals surface area contributed by atoms with Crippen LogP contribution in [0.2, 0.25) is 0 Å². The average Bonchev–Trinajstić information content (AvgIpc) is 2.98. The first kappa shape index (κ1) is 13.2. The van der Waals surface area contributed by atoms with Crippen LogP contribution in [0.1, 0.15) is 30.3 Å². The molecule has 0 spiro atoms. The van der Waals surface area contributed by atoms with Crippen molar-refractivity contribution < 1.29 is 4.79 Å². The number of nitrogens with one attached hydrogen (secondary N) is 1. The Labute approximate surface area is 128 Å². The van der Waals surface area contributed by atoms with E-state index in [1.54, 1.807) is 17.5 Å². The van der Waals surface area contributed by atoms with Gasteiger partial charge in [0.15, 0.2) is 0 Å². The molecule has 5 rings (SSSR count). The zero-order chi connectivity index (χ0) is 14.4.